The van der Waals surface area contributed by atoms with Gasteiger partial charge in [0.15, 0.2) is 5.78 Å². The van der Waals surface area contributed by atoms with Gasteiger partial charge in [0.05, 0.1) is 0 Å². The van der Waals surface area contributed by atoms with Crippen molar-refractivity contribution in [3.63, 3.8) is 0 Å². The molecular weight excluding hydrogens is 334 g/mol. The Bertz CT molecular complexity index is 1050. The molecule has 2 aromatic carbocycles. The van der Waals surface area contributed by atoms with Crippen molar-refractivity contribution in [3.05, 3.63) is 76.1 Å². The largest absolute Gasteiger partial charge is 0.461 e. The van der Waals surface area contributed by atoms with Gasteiger partial charge in [0.2, 0.25) is 0 Å². The van der Waals surface area contributed by atoms with Crippen molar-refractivity contribution >= 4 is 28.3 Å². The minimum Gasteiger partial charge on any atom is -0.461 e. The van der Waals surface area contributed by atoms with Crippen LogP contribution in [-0.4, -0.2) is 10.8 Å². The van der Waals surface area contributed by atoms with E-state index in [1.165, 1.54) is 0 Å². The molecule has 1 unspecified atom stereocenters. The molecule has 1 atom stereocenters. The van der Waals surface area contributed by atoms with Gasteiger partial charge in [-0.05, 0) is 36.2 Å². The van der Waals surface area contributed by atoms with E-state index in [9.17, 15) is 4.79 Å². The number of fused-ring (bicyclic) bond motifs is 2. The zero-order chi connectivity index (χ0) is 17.0. The van der Waals surface area contributed by atoms with Gasteiger partial charge in [0.25, 0.3) is 0 Å². The molecule has 0 saturated heterocycles. The number of H-pyrrole nitrogens is 1. The Morgan fingerprint density at radius 1 is 1.08 bits per heavy atom. The van der Waals surface area contributed by atoms with E-state index in [1.807, 2.05) is 36.5 Å². The second-order valence-corrected chi connectivity index (χ2v) is 7.06. The van der Waals surface area contributed by atoms with Crippen LogP contribution in [0.5, 0.6) is 5.75 Å². The maximum absolute atomic E-state index is 12.8. The van der Waals surface area contributed by atoms with E-state index < -0.39 is 0 Å². The number of carbonyl (C=O) groups is 1. The van der Waals surface area contributed by atoms with E-state index in [4.69, 9.17) is 16.3 Å². The molecule has 2 heterocycles. The lowest BCUT2D eigenvalue weighted by Gasteiger charge is -2.32. The van der Waals surface area contributed by atoms with Crippen LogP contribution in [0.1, 0.15) is 36.3 Å². The summed E-state index contributed by atoms with van der Waals surface area (Å²) in [5.41, 5.74) is 3.93. The van der Waals surface area contributed by atoms with Gasteiger partial charge in [-0.2, -0.15) is 0 Å². The van der Waals surface area contributed by atoms with Crippen LogP contribution < -0.4 is 4.74 Å². The number of benzene rings is 2. The summed E-state index contributed by atoms with van der Waals surface area (Å²) >= 11 is 6.27. The van der Waals surface area contributed by atoms with Crippen LogP contribution in [-0.2, 0) is 4.79 Å². The normalized spacial score (nSPS) is 19.6. The molecule has 2 aliphatic rings. The fraction of sp³-hybridized carbons (Fsp3) is 0.190. The Hall–Kier alpha value is -2.52. The Morgan fingerprint density at radius 2 is 1.96 bits per heavy atom. The highest BCUT2D eigenvalue weighted by Crippen LogP contribution is 2.48. The summed E-state index contributed by atoms with van der Waals surface area (Å²) in [6.45, 7) is 0. The van der Waals surface area contributed by atoms with Gasteiger partial charge < -0.3 is 9.72 Å². The highest BCUT2D eigenvalue weighted by atomic mass is 35.5. The van der Waals surface area contributed by atoms with Crippen molar-refractivity contribution in [2.45, 2.75) is 25.2 Å². The maximum atomic E-state index is 12.8. The summed E-state index contributed by atoms with van der Waals surface area (Å²) in [5, 5.41) is 1.78. The number of aromatic nitrogens is 1. The topological polar surface area (TPSA) is 42.1 Å². The molecule has 1 N–H and O–H groups in total. The van der Waals surface area contributed by atoms with Gasteiger partial charge in [0.1, 0.15) is 11.5 Å². The number of para-hydroxylation sites is 1. The van der Waals surface area contributed by atoms with Crippen molar-refractivity contribution in [1.82, 2.24) is 4.98 Å². The number of carbonyl (C=O) groups excluding carboxylic acids is 1. The smallest absolute Gasteiger partial charge is 0.163 e. The number of hydrogen-bond donors (Lipinski definition) is 1. The van der Waals surface area contributed by atoms with E-state index in [1.54, 1.807) is 0 Å². The summed E-state index contributed by atoms with van der Waals surface area (Å²) in [6.07, 6.45) is 4.25. The molecule has 0 radical (unpaired) electrons. The first-order valence-electron chi connectivity index (χ1n) is 8.52. The Labute approximate surface area is 150 Å². The van der Waals surface area contributed by atoms with Crippen molar-refractivity contribution in [1.29, 1.82) is 0 Å². The molecule has 3 aromatic rings. The molecule has 5 rings (SSSR count). The van der Waals surface area contributed by atoms with E-state index in [0.717, 1.165) is 52.0 Å². The summed E-state index contributed by atoms with van der Waals surface area (Å²) in [5.74, 6) is 1.66. The number of Topliss-reactive ketones (excluding diaryl/α,β-unsaturated/α-hetero) is 1. The molecule has 0 saturated carbocycles. The van der Waals surface area contributed by atoms with Crippen molar-refractivity contribution in [2.75, 3.05) is 0 Å². The SMILES string of the molecule is O=C1CCCC2=C1C(c1c[nH]c3ccccc13)c1cc(Cl)ccc1O2. The fourth-order valence-corrected chi connectivity index (χ4v) is 4.22. The minimum atomic E-state index is -0.138. The van der Waals surface area contributed by atoms with Crippen LogP contribution in [0, 0.1) is 0 Å². The molecule has 3 nitrogen and oxygen atoms in total. The van der Waals surface area contributed by atoms with Crippen molar-refractivity contribution in [3.8, 4) is 5.75 Å². The third-order valence-electron chi connectivity index (χ3n) is 5.15. The third kappa shape index (κ3) is 2.23. The Balaban J connectivity index is 1.81. The lowest BCUT2D eigenvalue weighted by atomic mass is 9.77. The second-order valence-electron chi connectivity index (χ2n) is 6.62. The number of halogens is 1. The van der Waals surface area contributed by atoms with Crippen LogP contribution in [0.15, 0.2) is 60.0 Å². The maximum Gasteiger partial charge on any atom is 0.163 e. The van der Waals surface area contributed by atoms with E-state index in [-0.39, 0.29) is 11.7 Å². The lowest BCUT2D eigenvalue weighted by Crippen LogP contribution is -2.25. The molecule has 4 heteroatoms. The van der Waals surface area contributed by atoms with E-state index >= 15 is 0 Å². The van der Waals surface area contributed by atoms with Gasteiger partial charge >= 0.3 is 0 Å². The Kier molecular flexibility index (Phi) is 3.25. The highest BCUT2D eigenvalue weighted by molar-refractivity contribution is 6.30. The molecule has 0 spiro atoms. The van der Waals surface area contributed by atoms with Crippen molar-refractivity contribution < 1.29 is 9.53 Å². The third-order valence-corrected chi connectivity index (χ3v) is 5.38. The fourth-order valence-electron chi connectivity index (χ4n) is 4.04. The number of hydrogen-bond acceptors (Lipinski definition) is 2. The van der Waals surface area contributed by atoms with Crippen LogP contribution in [0.25, 0.3) is 10.9 Å². The highest BCUT2D eigenvalue weighted by Gasteiger charge is 2.37. The monoisotopic (exact) mass is 349 g/mol. The van der Waals surface area contributed by atoms with Crippen LogP contribution in [0.4, 0.5) is 0 Å². The number of ketones is 1. The number of rotatable bonds is 1. The van der Waals surface area contributed by atoms with Gasteiger partial charge in [0, 0.05) is 52.0 Å². The minimum absolute atomic E-state index is 0.138. The summed E-state index contributed by atoms with van der Waals surface area (Å²) in [7, 11) is 0. The van der Waals surface area contributed by atoms with E-state index in [0.29, 0.717) is 11.4 Å². The Morgan fingerprint density at radius 3 is 2.88 bits per heavy atom. The molecule has 0 amide bonds. The predicted octanol–water partition coefficient (Wildman–Crippen LogP) is 5.35. The quantitative estimate of drug-likeness (QED) is 0.643. The van der Waals surface area contributed by atoms with Gasteiger partial charge in [-0.25, -0.2) is 0 Å². The van der Waals surface area contributed by atoms with Gasteiger partial charge in [-0.1, -0.05) is 29.8 Å². The average molecular weight is 350 g/mol. The van der Waals surface area contributed by atoms with Crippen LogP contribution in [0.3, 0.4) is 0 Å². The van der Waals surface area contributed by atoms with Crippen LogP contribution in [0.2, 0.25) is 5.02 Å². The molecule has 0 bridgehead atoms. The molecule has 0 fully saturated rings. The summed E-state index contributed by atoms with van der Waals surface area (Å²) < 4.78 is 6.09. The molecular formula is C21H16ClNO2. The zero-order valence-corrected chi connectivity index (χ0v) is 14.3. The standard InChI is InChI=1S/C21H16ClNO2/c22-12-8-9-18-14(10-12)20(21-17(24)6-3-7-19(21)25-18)15-11-23-16-5-2-1-4-13(15)16/h1-2,4-5,8-11,20,23H,3,6-7H2. The number of allylic oxidation sites excluding steroid dienone is 2. The lowest BCUT2D eigenvalue weighted by molar-refractivity contribution is -0.116. The molecule has 1 aromatic heterocycles. The predicted molar refractivity (Wildman–Crippen MR) is 98.1 cm³/mol. The van der Waals surface area contributed by atoms with Crippen molar-refractivity contribution in [2.24, 2.45) is 0 Å². The summed E-state index contributed by atoms with van der Waals surface area (Å²) in [4.78, 5) is 16.1. The first-order valence-corrected chi connectivity index (χ1v) is 8.90. The number of ether oxygens (including phenoxy) is 1. The first-order chi connectivity index (χ1) is 12.2. The number of nitrogens with one attached hydrogen (secondary N) is 1. The van der Waals surface area contributed by atoms with Crippen LogP contribution >= 0.6 is 11.6 Å². The molecule has 124 valence electrons. The zero-order valence-electron chi connectivity index (χ0n) is 13.5. The number of aromatic amines is 1. The molecule has 1 aliphatic carbocycles. The van der Waals surface area contributed by atoms with Gasteiger partial charge in [-0.15, -0.1) is 0 Å². The first kappa shape index (κ1) is 14.8. The summed E-state index contributed by atoms with van der Waals surface area (Å²) in [6, 6.07) is 13.8. The average Bonchev–Trinajstić information content (AvgIpc) is 3.04. The second kappa shape index (κ2) is 5.50. The molecule has 1 aliphatic heterocycles. The van der Waals surface area contributed by atoms with E-state index in [2.05, 4.69) is 17.1 Å². The molecule has 25 heavy (non-hydrogen) atoms. The van der Waals surface area contributed by atoms with Gasteiger partial charge in [-0.3, -0.25) is 4.79 Å².